The van der Waals surface area contributed by atoms with Gasteiger partial charge in [-0.15, -0.1) is 0 Å². The number of rotatable bonds is 8. The van der Waals surface area contributed by atoms with Crippen LogP contribution in [-0.4, -0.2) is 71.9 Å². The predicted octanol–water partition coefficient (Wildman–Crippen LogP) is -0.553. The minimum atomic E-state index is -0.867. The van der Waals surface area contributed by atoms with Gasteiger partial charge in [0.1, 0.15) is 6.10 Å². The largest absolute Gasteiger partial charge is 0.394 e. The highest BCUT2D eigenvalue weighted by Crippen LogP contribution is 2.17. The lowest BCUT2D eigenvalue weighted by Crippen LogP contribution is -2.42. The third-order valence-electron chi connectivity index (χ3n) is 2.78. The molecule has 0 aromatic carbocycles. The van der Waals surface area contributed by atoms with Gasteiger partial charge in [-0.1, -0.05) is 0 Å². The van der Waals surface area contributed by atoms with E-state index >= 15 is 0 Å². The highest BCUT2D eigenvalue weighted by molar-refractivity contribution is 4.80. The van der Waals surface area contributed by atoms with Crippen molar-refractivity contribution < 1.29 is 20.1 Å². The lowest BCUT2D eigenvalue weighted by molar-refractivity contribution is -0.0357. The second-order valence-electron chi connectivity index (χ2n) is 4.94. The van der Waals surface area contributed by atoms with Crippen LogP contribution in [0.25, 0.3) is 0 Å². The van der Waals surface area contributed by atoms with E-state index in [2.05, 4.69) is 0 Å². The molecule has 0 radical (unpaired) electrons. The maximum atomic E-state index is 9.72. The van der Waals surface area contributed by atoms with Crippen molar-refractivity contribution in [1.29, 1.82) is 0 Å². The van der Waals surface area contributed by atoms with Crippen molar-refractivity contribution in [2.75, 3.05) is 33.9 Å². The van der Waals surface area contributed by atoms with Gasteiger partial charge in [-0.3, -0.25) is 0 Å². The van der Waals surface area contributed by atoms with E-state index in [1.54, 1.807) is 0 Å². The van der Waals surface area contributed by atoms with E-state index in [9.17, 15) is 5.11 Å². The van der Waals surface area contributed by atoms with Gasteiger partial charge in [0, 0.05) is 5.54 Å². The molecule has 0 rings (SSSR count). The first-order valence-corrected chi connectivity index (χ1v) is 5.51. The minimum Gasteiger partial charge on any atom is -0.394 e. The molecule has 0 aliphatic heterocycles. The van der Waals surface area contributed by atoms with Crippen molar-refractivity contribution >= 4 is 0 Å². The van der Waals surface area contributed by atoms with E-state index in [0.717, 1.165) is 0 Å². The quantitative estimate of drug-likeness (QED) is 0.526. The van der Waals surface area contributed by atoms with Crippen molar-refractivity contribution in [3.05, 3.63) is 0 Å². The molecule has 0 aliphatic carbocycles. The molecule has 16 heavy (non-hydrogen) atoms. The Hall–Kier alpha value is -0.200. The standard InChI is InChI=1S/C11H25NO4/c1-11(2,12(3)4)5-9(14)7-16-8-10(15)6-13/h9-10,13-15H,5-8H2,1-4H3. The molecule has 0 saturated carbocycles. The average molecular weight is 235 g/mol. The van der Waals surface area contributed by atoms with Crippen molar-refractivity contribution in [3.63, 3.8) is 0 Å². The lowest BCUT2D eigenvalue weighted by atomic mass is 9.96. The van der Waals surface area contributed by atoms with Crippen molar-refractivity contribution in [2.24, 2.45) is 0 Å². The number of nitrogens with zero attached hydrogens (tertiary/aromatic N) is 1. The van der Waals surface area contributed by atoms with Crippen molar-refractivity contribution in [3.8, 4) is 0 Å². The van der Waals surface area contributed by atoms with Gasteiger partial charge in [0.25, 0.3) is 0 Å². The minimum absolute atomic E-state index is 0.0515. The molecule has 98 valence electrons. The maximum absolute atomic E-state index is 9.72. The molecule has 0 bridgehead atoms. The van der Waals surface area contributed by atoms with E-state index in [1.165, 1.54) is 0 Å². The molecule has 0 fully saturated rings. The Morgan fingerprint density at radius 3 is 2.06 bits per heavy atom. The normalized spacial score (nSPS) is 16.5. The van der Waals surface area contributed by atoms with E-state index in [4.69, 9.17) is 14.9 Å². The van der Waals surface area contributed by atoms with Crippen LogP contribution in [0.4, 0.5) is 0 Å². The highest BCUT2D eigenvalue weighted by Gasteiger charge is 2.24. The first-order chi connectivity index (χ1) is 7.29. The van der Waals surface area contributed by atoms with Gasteiger partial charge in [-0.2, -0.15) is 0 Å². The first-order valence-electron chi connectivity index (χ1n) is 5.51. The molecule has 0 aliphatic rings. The van der Waals surface area contributed by atoms with Gasteiger partial charge >= 0.3 is 0 Å². The molecule has 0 heterocycles. The third-order valence-corrected chi connectivity index (χ3v) is 2.78. The van der Waals surface area contributed by atoms with Gasteiger partial charge in [0.15, 0.2) is 0 Å². The van der Waals surface area contributed by atoms with Gasteiger partial charge < -0.3 is 25.0 Å². The van der Waals surface area contributed by atoms with Crippen molar-refractivity contribution in [2.45, 2.75) is 38.0 Å². The topological polar surface area (TPSA) is 73.2 Å². The molecule has 0 saturated heterocycles. The summed E-state index contributed by atoms with van der Waals surface area (Å²) in [5.74, 6) is 0. The summed E-state index contributed by atoms with van der Waals surface area (Å²) in [6, 6.07) is 0. The van der Waals surface area contributed by atoms with Gasteiger partial charge in [-0.25, -0.2) is 0 Å². The molecule has 0 spiro atoms. The molecule has 0 aromatic heterocycles. The van der Waals surface area contributed by atoms with Crippen LogP contribution in [0.15, 0.2) is 0 Å². The summed E-state index contributed by atoms with van der Waals surface area (Å²) in [5, 5.41) is 27.3. The molecule has 0 aromatic rings. The Balaban J connectivity index is 3.78. The van der Waals surface area contributed by atoms with Crippen LogP contribution in [0, 0.1) is 0 Å². The monoisotopic (exact) mass is 235 g/mol. The fourth-order valence-corrected chi connectivity index (χ4v) is 1.21. The fraction of sp³-hybridized carbons (Fsp3) is 1.00. The van der Waals surface area contributed by atoms with Crippen molar-refractivity contribution in [1.82, 2.24) is 4.90 Å². The summed E-state index contributed by atoms with van der Waals surface area (Å²) in [6.07, 6.45) is -0.841. The highest BCUT2D eigenvalue weighted by atomic mass is 16.5. The van der Waals surface area contributed by atoms with Crippen LogP contribution < -0.4 is 0 Å². The third kappa shape index (κ3) is 6.40. The summed E-state index contributed by atoms with van der Waals surface area (Å²) in [4.78, 5) is 2.04. The van der Waals surface area contributed by atoms with Crippen LogP contribution in [-0.2, 0) is 4.74 Å². The van der Waals surface area contributed by atoms with Crippen LogP contribution in [0.3, 0.4) is 0 Å². The molecule has 3 N–H and O–H groups in total. The molecule has 5 heteroatoms. The van der Waals surface area contributed by atoms with Crippen LogP contribution in [0.2, 0.25) is 0 Å². The molecule has 5 nitrogen and oxygen atoms in total. The van der Waals surface area contributed by atoms with Gasteiger partial charge in [0.05, 0.1) is 25.9 Å². The average Bonchev–Trinajstić information content (AvgIpc) is 2.16. The first kappa shape index (κ1) is 15.8. The van der Waals surface area contributed by atoms with Gasteiger partial charge in [-0.05, 0) is 34.4 Å². The number of hydrogen-bond acceptors (Lipinski definition) is 5. The Kier molecular flexibility index (Phi) is 7.10. The Labute approximate surface area is 97.6 Å². The number of aliphatic hydroxyl groups excluding tert-OH is 3. The zero-order valence-electron chi connectivity index (χ0n) is 10.7. The molecular formula is C11H25NO4. The SMILES string of the molecule is CN(C)C(C)(C)CC(O)COCC(O)CO. The molecule has 0 amide bonds. The van der Waals surface area contributed by atoms with E-state index in [-0.39, 0.29) is 25.4 Å². The van der Waals surface area contributed by atoms with E-state index < -0.39 is 12.2 Å². The second-order valence-corrected chi connectivity index (χ2v) is 4.94. The Morgan fingerprint density at radius 1 is 1.12 bits per heavy atom. The summed E-state index contributed by atoms with van der Waals surface area (Å²) in [7, 11) is 3.92. The number of aliphatic hydroxyl groups is 3. The fourth-order valence-electron chi connectivity index (χ4n) is 1.21. The second kappa shape index (κ2) is 7.19. The summed E-state index contributed by atoms with van der Waals surface area (Å²) in [5.41, 5.74) is -0.0988. The molecular weight excluding hydrogens is 210 g/mol. The Morgan fingerprint density at radius 2 is 1.62 bits per heavy atom. The van der Waals surface area contributed by atoms with Crippen LogP contribution in [0.5, 0.6) is 0 Å². The smallest absolute Gasteiger partial charge is 0.100 e. The summed E-state index contributed by atoms with van der Waals surface area (Å²) < 4.78 is 5.10. The predicted molar refractivity (Wildman–Crippen MR) is 62.3 cm³/mol. The summed E-state index contributed by atoms with van der Waals surface area (Å²) in [6.45, 7) is 3.99. The van der Waals surface area contributed by atoms with Crippen LogP contribution >= 0.6 is 0 Å². The van der Waals surface area contributed by atoms with Gasteiger partial charge in [0.2, 0.25) is 0 Å². The Bertz CT molecular complexity index is 185. The number of ether oxygens (including phenoxy) is 1. The zero-order valence-corrected chi connectivity index (χ0v) is 10.7. The zero-order chi connectivity index (χ0) is 12.8. The van der Waals surface area contributed by atoms with Crippen LogP contribution in [0.1, 0.15) is 20.3 Å². The maximum Gasteiger partial charge on any atom is 0.100 e. The van der Waals surface area contributed by atoms with E-state index in [0.29, 0.717) is 6.42 Å². The summed E-state index contributed by atoms with van der Waals surface area (Å²) >= 11 is 0. The lowest BCUT2D eigenvalue weighted by Gasteiger charge is -2.34. The molecule has 2 unspecified atom stereocenters. The number of hydrogen-bond donors (Lipinski definition) is 3. The van der Waals surface area contributed by atoms with E-state index in [1.807, 2.05) is 32.8 Å². The molecule has 2 atom stereocenters.